The summed E-state index contributed by atoms with van der Waals surface area (Å²) in [4.78, 5) is 12.5. The summed E-state index contributed by atoms with van der Waals surface area (Å²) in [6, 6.07) is 13.3. The van der Waals surface area contributed by atoms with Gasteiger partial charge in [0, 0.05) is 32.4 Å². The van der Waals surface area contributed by atoms with Crippen molar-refractivity contribution in [3.05, 3.63) is 59.7 Å². The van der Waals surface area contributed by atoms with E-state index in [0.717, 1.165) is 5.56 Å². The van der Waals surface area contributed by atoms with Crippen LogP contribution < -0.4 is 9.62 Å². The highest BCUT2D eigenvalue weighted by atomic mass is 32.2. The maximum Gasteiger partial charge on any atom is 0.264 e. The van der Waals surface area contributed by atoms with E-state index in [4.69, 9.17) is 4.74 Å². The second-order valence-electron chi connectivity index (χ2n) is 7.41. The van der Waals surface area contributed by atoms with E-state index in [0.29, 0.717) is 43.3 Å². The Kier molecular flexibility index (Phi) is 8.22. The van der Waals surface area contributed by atoms with Gasteiger partial charge in [-0.2, -0.15) is 0 Å². The molecule has 0 unspecified atom stereocenters. The molecule has 6 nitrogen and oxygen atoms in total. The number of carbonyl (C=O) groups excluding carboxylic acids is 1. The monoisotopic (exact) mass is 418 g/mol. The van der Waals surface area contributed by atoms with E-state index in [2.05, 4.69) is 19.2 Å². The highest BCUT2D eigenvalue weighted by Crippen LogP contribution is 2.23. The molecule has 0 saturated carbocycles. The summed E-state index contributed by atoms with van der Waals surface area (Å²) in [5.41, 5.74) is 1.92. The van der Waals surface area contributed by atoms with Gasteiger partial charge in [0.15, 0.2) is 0 Å². The number of aryl methyl sites for hydroxylation is 1. The highest BCUT2D eigenvalue weighted by molar-refractivity contribution is 7.92. The molecule has 0 spiro atoms. The summed E-state index contributed by atoms with van der Waals surface area (Å²) < 4.78 is 32.6. The van der Waals surface area contributed by atoms with Crippen LogP contribution in [0.2, 0.25) is 0 Å². The first-order chi connectivity index (χ1) is 13.7. The van der Waals surface area contributed by atoms with Gasteiger partial charge in [-0.25, -0.2) is 8.42 Å². The van der Waals surface area contributed by atoms with E-state index in [-0.39, 0.29) is 10.8 Å². The molecular formula is C22H30N2O4S. The predicted molar refractivity (Wildman–Crippen MR) is 116 cm³/mol. The Labute approximate surface area is 173 Å². The van der Waals surface area contributed by atoms with Crippen LogP contribution in [0, 0.1) is 12.8 Å². The molecule has 0 radical (unpaired) electrons. The SMILES string of the molecule is Cc1ccc(N(C)S(=O)(=O)c2cccc(C(=O)NCCCOCC(C)C)c2)cc1. The first-order valence-electron chi connectivity index (χ1n) is 9.73. The fraction of sp³-hybridized carbons (Fsp3) is 0.409. The first-order valence-corrected chi connectivity index (χ1v) is 11.2. The third-order valence-electron chi connectivity index (χ3n) is 4.35. The Hall–Kier alpha value is -2.38. The molecule has 0 aromatic heterocycles. The molecule has 158 valence electrons. The van der Waals surface area contributed by atoms with Crippen molar-refractivity contribution in [2.75, 3.05) is 31.1 Å². The molecule has 0 fully saturated rings. The van der Waals surface area contributed by atoms with Crippen molar-refractivity contribution in [1.29, 1.82) is 0 Å². The van der Waals surface area contributed by atoms with Gasteiger partial charge in [0.05, 0.1) is 10.6 Å². The van der Waals surface area contributed by atoms with E-state index in [1.54, 1.807) is 24.3 Å². The van der Waals surface area contributed by atoms with Crippen LogP contribution in [0.3, 0.4) is 0 Å². The molecule has 1 N–H and O–H groups in total. The Morgan fingerprint density at radius 2 is 1.83 bits per heavy atom. The first kappa shape index (κ1) is 22.9. The van der Waals surface area contributed by atoms with Gasteiger partial charge >= 0.3 is 0 Å². The van der Waals surface area contributed by atoms with E-state index in [1.165, 1.54) is 23.5 Å². The number of nitrogens with zero attached hydrogens (tertiary/aromatic N) is 1. The fourth-order valence-corrected chi connectivity index (χ4v) is 3.89. The molecular weight excluding hydrogens is 388 g/mol. The molecule has 0 aliphatic carbocycles. The van der Waals surface area contributed by atoms with Gasteiger partial charge in [0.25, 0.3) is 15.9 Å². The van der Waals surface area contributed by atoms with Crippen molar-refractivity contribution in [2.24, 2.45) is 5.92 Å². The van der Waals surface area contributed by atoms with Gasteiger partial charge in [0.1, 0.15) is 0 Å². The van der Waals surface area contributed by atoms with Gasteiger partial charge in [-0.1, -0.05) is 37.6 Å². The van der Waals surface area contributed by atoms with Crippen LogP contribution in [0.1, 0.15) is 36.2 Å². The fourth-order valence-electron chi connectivity index (χ4n) is 2.65. The van der Waals surface area contributed by atoms with E-state index >= 15 is 0 Å². The number of ether oxygens (including phenoxy) is 1. The second kappa shape index (κ2) is 10.4. The summed E-state index contributed by atoms with van der Waals surface area (Å²) in [5.74, 6) is 0.177. The second-order valence-corrected chi connectivity index (χ2v) is 9.38. The maximum absolute atomic E-state index is 13.0. The molecule has 0 bridgehead atoms. The van der Waals surface area contributed by atoms with Gasteiger partial charge in [0.2, 0.25) is 0 Å². The molecule has 0 saturated heterocycles. The Morgan fingerprint density at radius 1 is 1.14 bits per heavy atom. The Morgan fingerprint density at radius 3 is 2.48 bits per heavy atom. The van der Waals surface area contributed by atoms with Crippen molar-refractivity contribution in [3.8, 4) is 0 Å². The van der Waals surface area contributed by atoms with E-state index in [9.17, 15) is 13.2 Å². The van der Waals surface area contributed by atoms with Crippen molar-refractivity contribution in [2.45, 2.75) is 32.1 Å². The lowest BCUT2D eigenvalue weighted by atomic mass is 10.2. The van der Waals surface area contributed by atoms with E-state index in [1.807, 2.05) is 19.1 Å². The van der Waals surface area contributed by atoms with Crippen LogP contribution in [-0.2, 0) is 14.8 Å². The zero-order valence-corrected chi connectivity index (χ0v) is 18.3. The highest BCUT2D eigenvalue weighted by Gasteiger charge is 2.22. The van der Waals surface area contributed by atoms with Crippen LogP contribution in [0.25, 0.3) is 0 Å². The third-order valence-corrected chi connectivity index (χ3v) is 6.14. The van der Waals surface area contributed by atoms with Crippen molar-refractivity contribution >= 4 is 21.6 Å². The molecule has 0 atom stereocenters. The molecule has 29 heavy (non-hydrogen) atoms. The predicted octanol–water partition coefficient (Wildman–Crippen LogP) is 3.61. The van der Waals surface area contributed by atoms with Crippen LogP contribution in [0.4, 0.5) is 5.69 Å². The number of carbonyl (C=O) groups is 1. The molecule has 0 heterocycles. The third kappa shape index (κ3) is 6.58. The summed E-state index contributed by atoms with van der Waals surface area (Å²) in [6.45, 7) is 7.85. The maximum atomic E-state index is 13.0. The number of hydrogen-bond donors (Lipinski definition) is 1. The zero-order valence-electron chi connectivity index (χ0n) is 17.5. The Bertz CT molecular complexity index is 909. The molecule has 0 aliphatic heterocycles. The topological polar surface area (TPSA) is 75.7 Å². The number of rotatable bonds is 10. The molecule has 1 amide bonds. The molecule has 2 aromatic rings. The Balaban J connectivity index is 2.02. The standard InChI is InChI=1S/C22H30N2O4S/c1-17(2)16-28-14-6-13-23-22(25)19-7-5-8-21(15-19)29(26,27)24(4)20-11-9-18(3)10-12-20/h5,7-12,15,17H,6,13-14,16H2,1-4H3,(H,23,25). The smallest absolute Gasteiger partial charge is 0.264 e. The number of hydrogen-bond acceptors (Lipinski definition) is 4. The van der Waals surface area contributed by atoms with Gasteiger partial charge in [-0.15, -0.1) is 0 Å². The van der Waals surface area contributed by atoms with Gasteiger partial charge < -0.3 is 10.1 Å². The van der Waals surface area contributed by atoms with Crippen LogP contribution in [0.5, 0.6) is 0 Å². The van der Waals surface area contributed by atoms with Crippen molar-refractivity contribution < 1.29 is 17.9 Å². The molecule has 2 rings (SSSR count). The van der Waals surface area contributed by atoms with Crippen LogP contribution in [-0.4, -0.2) is 41.1 Å². The molecule has 0 aliphatic rings. The number of sulfonamides is 1. The quantitative estimate of drug-likeness (QED) is 0.598. The number of anilines is 1. The molecule has 7 heteroatoms. The summed E-state index contributed by atoms with van der Waals surface area (Å²) in [5, 5.41) is 2.81. The largest absolute Gasteiger partial charge is 0.381 e. The lowest BCUT2D eigenvalue weighted by Gasteiger charge is -2.20. The number of amides is 1. The molecule has 2 aromatic carbocycles. The van der Waals surface area contributed by atoms with Gasteiger partial charge in [-0.3, -0.25) is 9.10 Å². The van der Waals surface area contributed by atoms with Crippen molar-refractivity contribution in [1.82, 2.24) is 5.32 Å². The normalized spacial score (nSPS) is 11.5. The van der Waals surface area contributed by atoms with Crippen LogP contribution in [0.15, 0.2) is 53.4 Å². The average molecular weight is 419 g/mol. The number of nitrogens with one attached hydrogen (secondary N) is 1. The minimum absolute atomic E-state index is 0.0773. The summed E-state index contributed by atoms with van der Waals surface area (Å²) in [7, 11) is -2.26. The van der Waals surface area contributed by atoms with Crippen molar-refractivity contribution in [3.63, 3.8) is 0 Å². The minimum atomic E-state index is -3.77. The van der Waals surface area contributed by atoms with E-state index < -0.39 is 10.0 Å². The lowest BCUT2D eigenvalue weighted by Crippen LogP contribution is -2.28. The van der Waals surface area contributed by atoms with Crippen LogP contribution >= 0.6 is 0 Å². The average Bonchev–Trinajstić information content (AvgIpc) is 2.70. The lowest BCUT2D eigenvalue weighted by molar-refractivity contribution is 0.0924. The summed E-state index contributed by atoms with van der Waals surface area (Å²) >= 11 is 0. The number of benzene rings is 2. The van der Waals surface area contributed by atoms with Gasteiger partial charge in [-0.05, 0) is 49.6 Å². The zero-order chi connectivity index (χ0) is 21.4. The summed E-state index contributed by atoms with van der Waals surface area (Å²) in [6.07, 6.45) is 0.701. The minimum Gasteiger partial charge on any atom is -0.381 e.